The van der Waals surface area contributed by atoms with Crippen molar-refractivity contribution in [3.05, 3.63) is 35.9 Å². The van der Waals surface area contributed by atoms with E-state index in [1.807, 2.05) is 30.3 Å². The monoisotopic (exact) mass is 330 g/mol. The van der Waals surface area contributed by atoms with Gasteiger partial charge in [-0.1, -0.05) is 30.3 Å². The molecule has 1 aromatic carbocycles. The molecule has 0 unspecified atom stereocenters. The number of amides is 1. The van der Waals surface area contributed by atoms with E-state index < -0.39 is 11.8 Å². The molecule has 3 atom stereocenters. The number of aliphatic hydroxyl groups is 2. The van der Waals surface area contributed by atoms with Crippen LogP contribution in [0.2, 0.25) is 0 Å². The Hall–Kier alpha value is -1.43. The Bertz CT molecular complexity index is 598. The van der Waals surface area contributed by atoms with Crippen molar-refractivity contribution in [3.63, 3.8) is 0 Å². The van der Waals surface area contributed by atoms with Gasteiger partial charge >= 0.3 is 0 Å². The first-order valence-electron chi connectivity index (χ1n) is 9.09. The van der Waals surface area contributed by atoms with Gasteiger partial charge in [0.05, 0.1) is 6.04 Å². The van der Waals surface area contributed by atoms with E-state index in [2.05, 4.69) is 4.90 Å². The lowest BCUT2D eigenvalue weighted by Gasteiger charge is -2.55. The Morgan fingerprint density at radius 3 is 2.50 bits per heavy atom. The largest absolute Gasteiger partial charge is 0.364 e. The zero-order chi connectivity index (χ0) is 16.7. The van der Waals surface area contributed by atoms with Gasteiger partial charge in [-0.2, -0.15) is 0 Å². The van der Waals surface area contributed by atoms with Crippen LogP contribution in [0.25, 0.3) is 0 Å². The van der Waals surface area contributed by atoms with Gasteiger partial charge in [-0.3, -0.25) is 9.69 Å². The highest BCUT2D eigenvalue weighted by Crippen LogP contribution is 2.44. The first-order valence-corrected chi connectivity index (χ1v) is 9.09. The number of nitrogens with zero attached hydrogens (tertiary/aromatic N) is 2. The van der Waals surface area contributed by atoms with E-state index in [0.29, 0.717) is 13.0 Å². The van der Waals surface area contributed by atoms with Crippen molar-refractivity contribution < 1.29 is 15.0 Å². The molecule has 0 spiro atoms. The van der Waals surface area contributed by atoms with Gasteiger partial charge in [0.25, 0.3) is 0 Å². The van der Waals surface area contributed by atoms with Gasteiger partial charge in [-0.15, -0.1) is 0 Å². The maximum absolute atomic E-state index is 12.7. The third-order valence-corrected chi connectivity index (χ3v) is 6.13. The predicted octanol–water partition coefficient (Wildman–Crippen LogP) is 1.34. The Labute approximate surface area is 142 Å². The number of carbonyl (C=O) groups excluding carboxylic acids is 1. The van der Waals surface area contributed by atoms with Crippen LogP contribution in [0.5, 0.6) is 0 Å². The SMILES string of the molecule is O=C1C[C@H]2[C@@H](N3CCCC3)CC[C@H](N1Cc1ccccc1)C2(O)O. The fraction of sp³-hybridized carbons (Fsp3) is 0.632. The molecule has 2 heterocycles. The number of benzene rings is 1. The number of fused-ring (bicyclic) bond motifs is 2. The molecular weight excluding hydrogens is 304 g/mol. The molecule has 0 radical (unpaired) electrons. The minimum atomic E-state index is -1.78. The van der Waals surface area contributed by atoms with E-state index in [1.165, 1.54) is 12.8 Å². The standard InChI is InChI=1S/C19H26N2O3/c22-18-12-15-16(20-10-4-5-11-20)8-9-17(19(15,23)24)21(18)13-14-6-2-1-3-7-14/h1-3,6-7,15-17,23-24H,4-5,8-13H2/t15-,16-,17-/m0/s1. The highest BCUT2D eigenvalue weighted by Gasteiger charge is 2.58. The van der Waals surface area contributed by atoms with E-state index in [4.69, 9.17) is 0 Å². The quantitative estimate of drug-likeness (QED) is 0.821. The summed E-state index contributed by atoms with van der Waals surface area (Å²) in [6.07, 6.45) is 4.17. The fourth-order valence-corrected chi connectivity index (χ4v) is 4.91. The first kappa shape index (κ1) is 16.1. The van der Waals surface area contributed by atoms with Crippen LogP contribution >= 0.6 is 0 Å². The third kappa shape index (κ3) is 2.65. The summed E-state index contributed by atoms with van der Waals surface area (Å²) in [6.45, 7) is 2.49. The molecular formula is C19H26N2O3. The minimum Gasteiger partial charge on any atom is -0.364 e. The van der Waals surface area contributed by atoms with Crippen molar-refractivity contribution in [1.29, 1.82) is 0 Å². The summed E-state index contributed by atoms with van der Waals surface area (Å²) >= 11 is 0. The Kier molecular flexibility index (Phi) is 4.11. The molecule has 4 rings (SSSR count). The number of piperidine rings is 1. The molecule has 2 saturated heterocycles. The van der Waals surface area contributed by atoms with Crippen molar-refractivity contribution in [2.45, 2.75) is 56.5 Å². The van der Waals surface area contributed by atoms with E-state index in [-0.39, 0.29) is 24.3 Å². The van der Waals surface area contributed by atoms with Gasteiger partial charge in [0.1, 0.15) is 0 Å². The smallest absolute Gasteiger partial charge is 0.223 e. The lowest BCUT2D eigenvalue weighted by molar-refractivity contribution is -0.280. The molecule has 2 N–H and O–H groups in total. The van der Waals surface area contributed by atoms with E-state index in [0.717, 1.165) is 25.1 Å². The summed E-state index contributed by atoms with van der Waals surface area (Å²) in [5.41, 5.74) is 1.03. The van der Waals surface area contributed by atoms with Crippen LogP contribution in [0.1, 0.15) is 37.7 Å². The Morgan fingerprint density at radius 2 is 1.79 bits per heavy atom. The summed E-state index contributed by atoms with van der Waals surface area (Å²) in [5, 5.41) is 21.8. The van der Waals surface area contributed by atoms with Crippen LogP contribution in [0.15, 0.2) is 30.3 Å². The van der Waals surface area contributed by atoms with Crippen molar-refractivity contribution in [2.75, 3.05) is 13.1 Å². The normalized spacial score (nSPS) is 33.0. The molecule has 2 bridgehead atoms. The van der Waals surface area contributed by atoms with Crippen LogP contribution in [0, 0.1) is 5.92 Å². The van der Waals surface area contributed by atoms with Crippen molar-refractivity contribution in [1.82, 2.24) is 9.80 Å². The fourth-order valence-electron chi connectivity index (χ4n) is 4.91. The average molecular weight is 330 g/mol. The number of carbonyl (C=O) groups is 1. The zero-order valence-corrected chi connectivity index (χ0v) is 14.0. The van der Waals surface area contributed by atoms with Gasteiger partial charge in [0.15, 0.2) is 5.79 Å². The minimum absolute atomic E-state index is 0.0523. The number of hydrogen-bond donors (Lipinski definition) is 2. The van der Waals surface area contributed by atoms with Gasteiger partial charge in [-0.05, 0) is 44.3 Å². The molecule has 2 aliphatic heterocycles. The molecule has 1 amide bonds. The number of rotatable bonds is 3. The third-order valence-electron chi connectivity index (χ3n) is 6.13. The first-order chi connectivity index (χ1) is 11.6. The maximum Gasteiger partial charge on any atom is 0.223 e. The lowest BCUT2D eigenvalue weighted by atomic mass is 9.70. The molecule has 3 fully saturated rings. The Balaban J connectivity index is 1.57. The number of likely N-dealkylation sites (tertiary alicyclic amines) is 2. The molecule has 24 heavy (non-hydrogen) atoms. The number of hydrogen-bond acceptors (Lipinski definition) is 4. The second-order valence-electron chi connectivity index (χ2n) is 7.50. The summed E-state index contributed by atoms with van der Waals surface area (Å²) in [7, 11) is 0. The van der Waals surface area contributed by atoms with Crippen LogP contribution in [0.4, 0.5) is 0 Å². The molecule has 0 aromatic heterocycles. The molecule has 1 aromatic rings. The van der Waals surface area contributed by atoms with Crippen molar-refractivity contribution in [2.24, 2.45) is 5.92 Å². The maximum atomic E-state index is 12.7. The lowest BCUT2D eigenvalue weighted by Crippen LogP contribution is -2.69. The second kappa shape index (κ2) is 6.14. The van der Waals surface area contributed by atoms with Gasteiger partial charge in [-0.25, -0.2) is 0 Å². The van der Waals surface area contributed by atoms with Crippen LogP contribution in [-0.4, -0.2) is 56.9 Å². The van der Waals surface area contributed by atoms with Crippen molar-refractivity contribution >= 4 is 5.91 Å². The summed E-state index contributed by atoms with van der Waals surface area (Å²) in [6, 6.07) is 9.42. The predicted molar refractivity (Wildman–Crippen MR) is 89.9 cm³/mol. The van der Waals surface area contributed by atoms with Gasteiger partial charge < -0.3 is 15.1 Å². The van der Waals surface area contributed by atoms with E-state index in [1.54, 1.807) is 4.90 Å². The summed E-state index contributed by atoms with van der Waals surface area (Å²) < 4.78 is 0. The molecule has 5 heteroatoms. The average Bonchev–Trinajstić information content (AvgIpc) is 3.08. The zero-order valence-electron chi connectivity index (χ0n) is 14.0. The summed E-state index contributed by atoms with van der Waals surface area (Å²) in [4.78, 5) is 16.8. The molecule has 5 nitrogen and oxygen atoms in total. The van der Waals surface area contributed by atoms with Crippen LogP contribution < -0.4 is 0 Å². The molecule has 130 valence electrons. The highest BCUT2D eigenvalue weighted by atomic mass is 16.5. The molecule has 1 aliphatic carbocycles. The second-order valence-corrected chi connectivity index (χ2v) is 7.50. The van der Waals surface area contributed by atoms with E-state index in [9.17, 15) is 15.0 Å². The van der Waals surface area contributed by atoms with Crippen LogP contribution in [-0.2, 0) is 11.3 Å². The molecule has 3 aliphatic rings. The van der Waals surface area contributed by atoms with E-state index >= 15 is 0 Å². The highest BCUT2D eigenvalue weighted by molar-refractivity contribution is 5.78. The summed E-state index contributed by atoms with van der Waals surface area (Å²) in [5.74, 6) is -2.10. The van der Waals surface area contributed by atoms with Gasteiger partial charge in [0.2, 0.25) is 5.91 Å². The van der Waals surface area contributed by atoms with Crippen LogP contribution in [0.3, 0.4) is 0 Å². The van der Waals surface area contributed by atoms with Crippen molar-refractivity contribution in [3.8, 4) is 0 Å². The topological polar surface area (TPSA) is 64.0 Å². The Morgan fingerprint density at radius 1 is 1.08 bits per heavy atom. The van der Waals surface area contributed by atoms with Gasteiger partial charge in [0, 0.05) is 24.9 Å². The molecule has 1 saturated carbocycles.